The van der Waals surface area contributed by atoms with Crippen LogP contribution >= 0.6 is 0 Å². The Kier molecular flexibility index (Phi) is 10.4. The molecule has 0 bridgehead atoms. The Morgan fingerprint density at radius 2 is 1.94 bits per heavy atom. The maximum Gasteiger partial charge on any atom is 0.320 e. The van der Waals surface area contributed by atoms with E-state index in [0.717, 1.165) is 32.3 Å². The summed E-state index contributed by atoms with van der Waals surface area (Å²) in [5.74, 6) is -0.927. The van der Waals surface area contributed by atoms with Gasteiger partial charge >= 0.3 is 5.97 Å². The summed E-state index contributed by atoms with van der Waals surface area (Å²) in [7, 11) is 0. The van der Waals surface area contributed by atoms with Gasteiger partial charge in [0, 0.05) is 13.2 Å². The van der Waals surface area contributed by atoms with E-state index in [1.165, 1.54) is 0 Å². The van der Waals surface area contributed by atoms with Gasteiger partial charge in [-0.2, -0.15) is 0 Å². The molecule has 5 nitrogen and oxygen atoms in total. The molecule has 0 aliphatic carbocycles. The first-order valence-corrected chi connectivity index (χ1v) is 5.82. The van der Waals surface area contributed by atoms with Crippen molar-refractivity contribution in [3.05, 3.63) is 0 Å². The zero-order valence-electron chi connectivity index (χ0n) is 9.98. The van der Waals surface area contributed by atoms with Gasteiger partial charge in [0.2, 0.25) is 0 Å². The Morgan fingerprint density at radius 3 is 2.56 bits per heavy atom. The summed E-state index contributed by atoms with van der Waals surface area (Å²) in [6, 6.07) is -0.728. The lowest BCUT2D eigenvalue weighted by Gasteiger charge is -2.06. The van der Waals surface area contributed by atoms with Crippen molar-refractivity contribution < 1.29 is 19.4 Å². The summed E-state index contributed by atoms with van der Waals surface area (Å²) in [5.41, 5.74) is 5.36. The van der Waals surface area contributed by atoms with E-state index in [1.54, 1.807) is 0 Å². The molecular formula is C11H23NO4. The van der Waals surface area contributed by atoms with Gasteiger partial charge in [0.05, 0.1) is 0 Å². The van der Waals surface area contributed by atoms with Crippen molar-refractivity contribution in [2.45, 2.75) is 45.1 Å². The quantitative estimate of drug-likeness (QED) is 0.416. The molecule has 1 atom stereocenters. The number of carboxylic acid groups (broad SMARTS) is 1. The van der Waals surface area contributed by atoms with Crippen LogP contribution in [0.4, 0.5) is 0 Å². The van der Waals surface area contributed by atoms with Gasteiger partial charge in [-0.1, -0.05) is 19.8 Å². The highest BCUT2D eigenvalue weighted by atomic mass is 16.7. The van der Waals surface area contributed by atoms with E-state index >= 15 is 0 Å². The number of hydrogen-bond donors (Lipinski definition) is 2. The van der Waals surface area contributed by atoms with Gasteiger partial charge in [0.25, 0.3) is 0 Å². The maximum absolute atomic E-state index is 10.4. The van der Waals surface area contributed by atoms with E-state index in [2.05, 4.69) is 0 Å². The van der Waals surface area contributed by atoms with Gasteiger partial charge < -0.3 is 20.3 Å². The van der Waals surface area contributed by atoms with Crippen LogP contribution < -0.4 is 5.73 Å². The highest BCUT2D eigenvalue weighted by molar-refractivity contribution is 5.72. The Bertz CT molecular complexity index is 175. The average Bonchev–Trinajstić information content (AvgIpc) is 2.26. The van der Waals surface area contributed by atoms with Crippen LogP contribution in [-0.4, -0.2) is 37.1 Å². The van der Waals surface area contributed by atoms with Gasteiger partial charge in [-0.05, 0) is 19.3 Å². The largest absolute Gasteiger partial charge is 0.480 e. The van der Waals surface area contributed by atoms with Crippen LogP contribution in [0.1, 0.15) is 39.0 Å². The molecule has 0 aliphatic heterocycles. The molecule has 16 heavy (non-hydrogen) atoms. The fourth-order valence-electron chi connectivity index (χ4n) is 1.19. The molecule has 0 aromatic rings. The summed E-state index contributed by atoms with van der Waals surface area (Å²) in [4.78, 5) is 10.4. The molecule has 0 fully saturated rings. The summed E-state index contributed by atoms with van der Waals surface area (Å²) < 4.78 is 10.4. The number of carbonyl (C=O) groups is 1. The van der Waals surface area contributed by atoms with Gasteiger partial charge in [0.15, 0.2) is 0 Å². The first-order valence-electron chi connectivity index (χ1n) is 5.82. The van der Waals surface area contributed by atoms with E-state index in [0.29, 0.717) is 19.8 Å². The maximum atomic E-state index is 10.4. The topological polar surface area (TPSA) is 81.8 Å². The van der Waals surface area contributed by atoms with Crippen molar-refractivity contribution in [1.29, 1.82) is 0 Å². The van der Waals surface area contributed by atoms with Crippen LogP contribution in [0.25, 0.3) is 0 Å². The lowest BCUT2D eigenvalue weighted by molar-refractivity contribution is -0.138. The van der Waals surface area contributed by atoms with Gasteiger partial charge in [0.1, 0.15) is 12.8 Å². The van der Waals surface area contributed by atoms with Gasteiger partial charge in [-0.15, -0.1) is 0 Å². The summed E-state index contributed by atoms with van der Waals surface area (Å²) >= 11 is 0. The predicted octanol–water partition coefficient (Wildman–Crippen LogP) is 1.36. The summed E-state index contributed by atoms with van der Waals surface area (Å²) in [6.45, 7) is 3.79. The smallest absolute Gasteiger partial charge is 0.320 e. The molecular weight excluding hydrogens is 210 g/mol. The minimum atomic E-state index is -0.927. The molecule has 3 N–H and O–H groups in total. The molecule has 5 heteroatoms. The monoisotopic (exact) mass is 233 g/mol. The lowest BCUT2D eigenvalue weighted by Crippen LogP contribution is -2.29. The standard InChI is InChI=1S/C11H23NO4/c1-2-7-15-9-16-8-5-3-4-6-10(12)11(13)14/h10H,2-9,12H2,1H3,(H,13,14). The molecule has 0 radical (unpaired) electrons. The van der Waals surface area contributed by atoms with Crippen molar-refractivity contribution in [2.75, 3.05) is 20.0 Å². The molecule has 0 aromatic heterocycles. The molecule has 1 unspecified atom stereocenters. The van der Waals surface area contributed by atoms with E-state index in [-0.39, 0.29) is 0 Å². The van der Waals surface area contributed by atoms with E-state index in [9.17, 15) is 4.79 Å². The first-order chi connectivity index (χ1) is 7.68. The van der Waals surface area contributed by atoms with Crippen LogP contribution in [-0.2, 0) is 14.3 Å². The van der Waals surface area contributed by atoms with Crippen molar-refractivity contribution in [3.63, 3.8) is 0 Å². The van der Waals surface area contributed by atoms with Crippen LogP contribution in [0.5, 0.6) is 0 Å². The molecule has 0 amide bonds. The average molecular weight is 233 g/mol. The van der Waals surface area contributed by atoms with Crippen LogP contribution in [0, 0.1) is 0 Å². The van der Waals surface area contributed by atoms with Crippen molar-refractivity contribution in [2.24, 2.45) is 5.73 Å². The van der Waals surface area contributed by atoms with E-state index < -0.39 is 12.0 Å². The Balaban J connectivity index is 3.07. The number of nitrogens with two attached hydrogens (primary N) is 1. The fraction of sp³-hybridized carbons (Fsp3) is 0.909. The van der Waals surface area contributed by atoms with Crippen molar-refractivity contribution in [1.82, 2.24) is 0 Å². The SMILES string of the molecule is CCCOCOCCCCCC(N)C(=O)O. The van der Waals surface area contributed by atoms with Crippen LogP contribution in [0.3, 0.4) is 0 Å². The van der Waals surface area contributed by atoms with Crippen LogP contribution in [0.2, 0.25) is 0 Å². The minimum Gasteiger partial charge on any atom is -0.480 e. The molecule has 96 valence electrons. The number of carboxylic acids is 1. The minimum absolute atomic E-state index is 0.350. The number of unbranched alkanes of at least 4 members (excludes halogenated alkanes) is 2. The lowest BCUT2D eigenvalue weighted by atomic mass is 10.1. The van der Waals surface area contributed by atoms with Crippen LogP contribution in [0.15, 0.2) is 0 Å². The predicted molar refractivity (Wildman–Crippen MR) is 61.1 cm³/mol. The molecule has 0 rings (SSSR count). The highest BCUT2D eigenvalue weighted by Gasteiger charge is 2.09. The third-order valence-electron chi connectivity index (χ3n) is 2.14. The summed E-state index contributed by atoms with van der Waals surface area (Å²) in [5, 5.41) is 8.54. The Labute approximate surface area is 96.9 Å². The zero-order valence-corrected chi connectivity index (χ0v) is 9.98. The molecule has 0 aliphatic rings. The number of hydrogen-bond acceptors (Lipinski definition) is 4. The Hall–Kier alpha value is -0.650. The fourth-order valence-corrected chi connectivity index (χ4v) is 1.19. The van der Waals surface area contributed by atoms with E-state index in [1.807, 2.05) is 6.92 Å². The highest BCUT2D eigenvalue weighted by Crippen LogP contribution is 2.02. The van der Waals surface area contributed by atoms with Crippen molar-refractivity contribution >= 4 is 5.97 Å². The molecule has 0 aromatic carbocycles. The number of ether oxygens (including phenoxy) is 2. The normalized spacial score (nSPS) is 12.6. The second kappa shape index (κ2) is 10.9. The molecule has 0 spiro atoms. The third-order valence-corrected chi connectivity index (χ3v) is 2.14. The first kappa shape index (κ1) is 15.3. The molecule has 0 heterocycles. The second-order valence-corrected chi connectivity index (χ2v) is 3.73. The Morgan fingerprint density at radius 1 is 1.25 bits per heavy atom. The van der Waals surface area contributed by atoms with Crippen molar-refractivity contribution in [3.8, 4) is 0 Å². The summed E-state index contributed by atoms with van der Waals surface area (Å²) in [6.07, 6.45) is 4.21. The zero-order chi connectivity index (χ0) is 12.2. The number of aliphatic carboxylic acids is 1. The third kappa shape index (κ3) is 9.89. The molecule has 0 saturated heterocycles. The second-order valence-electron chi connectivity index (χ2n) is 3.73. The van der Waals surface area contributed by atoms with Gasteiger partial charge in [-0.25, -0.2) is 0 Å². The number of rotatable bonds is 11. The van der Waals surface area contributed by atoms with E-state index in [4.69, 9.17) is 20.3 Å². The van der Waals surface area contributed by atoms with Gasteiger partial charge in [-0.3, -0.25) is 4.79 Å². The molecule has 0 saturated carbocycles.